The molecular formula is C16H21Cl2N3OS. The van der Waals surface area contributed by atoms with Gasteiger partial charge in [0.25, 0.3) is 0 Å². The molecule has 2 aromatic rings. The van der Waals surface area contributed by atoms with Crippen LogP contribution >= 0.6 is 35.8 Å². The molecule has 0 radical (unpaired) electrons. The number of hydrogen-bond donors (Lipinski definition) is 2. The molecule has 2 fully saturated rings. The fraction of sp³-hybridized carbons (Fsp3) is 0.562. The highest BCUT2D eigenvalue weighted by Crippen LogP contribution is 2.44. The molecule has 2 aliphatic heterocycles. The third-order valence-corrected chi connectivity index (χ3v) is 7.20. The summed E-state index contributed by atoms with van der Waals surface area (Å²) in [6.45, 7) is 2.07. The number of imidazole rings is 1. The Balaban J connectivity index is 0.00000156. The van der Waals surface area contributed by atoms with Crippen molar-refractivity contribution in [1.82, 2.24) is 14.9 Å². The van der Waals surface area contributed by atoms with E-state index in [9.17, 15) is 4.79 Å². The number of aromatic amines is 2. The van der Waals surface area contributed by atoms with Gasteiger partial charge in [-0.2, -0.15) is 0 Å². The van der Waals surface area contributed by atoms with E-state index in [1.807, 2.05) is 17.8 Å². The summed E-state index contributed by atoms with van der Waals surface area (Å²) in [6.07, 6.45) is 5.12. The van der Waals surface area contributed by atoms with E-state index in [0.717, 1.165) is 33.6 Å². The van der Waals surface area contributed by atoms with Crippen LogP contribution in [0, 0.1) is 6.92 Å². The lowest BCUT2D eigenvalue weighted by Gasteiger charge is -2.36. The van der Waals surface area contributed by atoms with Gasteiger partial charge in [-0.05, 0) is 51.3 Å². The van der Waals surface area contributed by atoms with Crippen molar-refractivity contribution in [1.29, 1.82) is 0 Å². The van der Waals surface area contributed by atoms with Crippen LogP contribution < -0.4 is 5.69 Å². The summed E-state index contributed by atoms with van der Waals surface area (Å²) in [5, 5.41) is 1.30. The largest absolute Gasteiger partial charge is 0.323 e. The van der Waals surface area contributed by atoms with Crippen molar-refractivity contribution in [3.8, 4) is 0 Å². The van der Waals surface area contributed by atoms with Crippen LogP contribution in [0.3, 0.4) is 0 Å². The van der Waals surface area contributed by atoms with Gasteiger partial charge in [-0.1, -0.05) is 11.6 Å². The number of fused-ring (bicyclic) bond motifs is 3. The summed E-state index contributed by atoms with van der Waals surface area (Å²) in [6, 6.07) is 3.47. The normalized spacial score (nSPS) is 27.3. The van der Waals surface area contributed by atoms with Crippen molar-refractivity contribution in [2.24, 2.45) is 0 Å². The van der Waals surface area contributed by atoms with Crippen LogP contribution in [0.15, 0.2) is 15.8 Å². The minimum atomic E-state index is -0.198. The molecule has 0 spiro atoms. The summed E-state index contributed by atoms with van der Waals surface area (Å²) in [4.78, 5) is 20.8. The first kappa shape index (κ1) is 17.2. The molecule has 1 aromatic heterocycles. The first-order chi connectivity index (χ1) is 10.5. The predicted molar refractivity (Wildman–Crippen MR) is 99.4 cm³/mol. The lowest BCUT2D eigenvalue weighted by molar-refractivity contribution is 0.183. The number of H-pyrrole nitrogens is 2. The van der Waals surface area contributed by atoms with Gasteiger partial charge in [-0.25, -0.2) is 4.79 Å². The zero-order valence-electron chi connectivity index (χ0n) is 13.2. The van der Waals surface area contributed by atoms with Gasteiger partial charge in [0, 0.05) is 22.2 Å². The van der Waals surface area contributed by atoms with Crippen molar-refractivity contribution >= 4 is 46.8 Å². The molecule has 7 heteroatoms. The maximum atomic E-state index is 11.5. The fourth-order valence-electron chi connectivity index (χ4n) is 4.02. The van der Waals surface area contributed by atoms with Crippen LogP contribution in [0.2, 0.25) is 5.02 Å². The van der Waals surface area contributed by atoms with Gasteiger partial charge in [-0.15, -0.1) is 24.2 Å². The summed E-state index contributed by atoms with van der Waals surface area (Å²) in [5.41, 5.74) is 2.47. The number of benzene rings is 1. The summed E-state index contributed by atoms with van der Waals surface area (Å²) in [5.74, 6) is 0. The third kappa shape index (κ3) is 2.93. The number of piperidine rings is 1. The standard InChI is InChI=1S/C16H20ClN3OS.ClH/c1-8-5-12-14(19-16(21)18-12)13(17)15(8)22-11-6-9-3-4-10(7-11)20(9)2;/h5,9-11H,3-4,6-7H2,1-2H3,(H2,18,19,21);1H. The van der Waals surface area contributed by atoms with E-state index >= 15 is 0 Å². The molecule has 2 atom stereocenters. The Morgan fingerprint density at radius 2 is 1.91 bits per heavy atom. The lowest BCUT2D eigenvalue weighted by Crippen LogP contribution is -2.40. The molecule has 126 valence electrons. The highest BCUT2D eigenvalue weighted by molar-refractivity contribution is 8.00. The number of hydrogen-bond acceptors (Lipinski definition) is 3. The van der Waals surface area contributed by atoms with Crippen LogP contribution in [0.1, 0.15) is 31.2 Å². The van der Waals surface area contributed by atoms with Crippen molar-refractivity contribution in [3.05, 3.63) is 27.1 Å². The summed E-state index contributed by atoms with van der Waals surface area (Å²) >= 11 is 8.47. The molecule has 2 N–H and O–H groups in total. The van der Waals surface area contributed by atoms with E-state index in [1.54, 1.807) is 0 Å². The monoisotopic (exact) mass is 373 g/mol. The highest BCUT2D eigenvalue weighted by Gasteiger charge is 2.39. The second kappa shape index (κ2) is 6.36. The molecule has 0 amide bonds. The number of aromatic nitrogens is 2. The molecule has 2 bridgehead atoms. The van der Waals surface area contributed by atoms with Crippen molar-refractivity contribution in [2.45, 2.75) is 54.8 Å². The van der Waals surface area contributed by atoms with E-state index in [1.165, 1.54) is 25.7 Å². The van der Waals surface area contributed by atoms with Crippen molar-refractivity contribution in [2.75, 3.05) is 7.05 Å². The van der Waals surface area contributed by atoms with Gasteiger partial charge >= 0.3 is 5.69 Å². The van der Waals surface area contributed by atoms with E-state index in [-0.39, 0.29) is 18.1 Å². The molecule has 3 heterocycles. The molecule has 23 heavy (non-hydrogen) atoms. The number of rotatable bonds is 2. The maximum Gasteiger partial charge on any atom is 0.323 e. The molecule has 4 nitrogen and oxygen atoms in total. The molecule has 0 saturated carbocycles. The summed E-state index contributed by atoms with van der Waals surface area (Å²) < 4.78 is 0. The number of halogens is 2. The highest BCUT2D eigenvalue weighted by atomic mass is 35.5. The van der Waals surface area contributed by atoms with Crippen LogP contribution in [-0.2, 0) is 0 Å². The third-order valence-electron chi connectivity index (χ3n) is 5.23. The quantitative estimate of drug-likeness (QED) is 0.837. The smallest absolute Gasteiger partial charge is 0.306 e. The topological polar surface area (TPSA) is 51.9 Å². The number of thioether (sulfide) groups is 1. The van der Waals surface area contributed by atoms with Crippen LogP contribution in [0.25, 0.3) is 11.0 Å². The second-order valence-electron chi connectivity index (χ2n) is 6.60. The van der Waals surface area contributed by atoms with Crippen LogP contribution in [-0.4, -0.2) is 39.2 Å². The molecule has 0 aliphatic carbocycles. The maximum absolute atomic E-state index is 11.5. The first-order valence-corrected chi connectivity index (χ1v) is 9.08. The van der Waals surface area contributed by atoms with E-state index in [0.29, 0.717) is 10.3 Å². The van der Waals surface area contributed by atoms with Crippen LogP contribution in [0.5, 0.6) is 0 Å². The van der Waals surface area contributed by atoms with Gasteiger partial charge < -0.3 is 14.9 Å². The number of nitrogens with zero attached hydrogens (tertiary/aromatic N) is 1. The molecule has 1 aromatic carbocycles. The second-order valence-corrected chi connectivity index (χ2v) is 8.29. The Labute approximate surface area is 150 Å². The first-order valence-electron chi connectivity index (χ1n) is 7.82. The Morgan fingerprint density at radius 1 is 1.26 bits per heavy atom. The van der Waals surface area contributed by atoms with Crippen molar-refractivity contribution < 1.29 is 0 Å². The van der Waals surface area contributed by atoms with E-state index < -0.39 is 0 Å². The Kier molecular flexibility index (Phi) is 4.76. The fourth-order valence-corrected chi connectivity index (χ4v) is 5.87. The molecule has 2 unspecified atom stereocenters. The minimum Gasteiger partial charge on any atom is -0.306 e. The van der Waals surface area contributed by atoms with E-state index in [2.05, 4.69) is 28.8 Å². The van der Waals surface area contributed by atoms with Crippen molar-refractivity contribution in [3.63, 3.8) is 0 Å². The lowest BCUT2D eigenvalue weighted by atomic mass is 10.0. The zero-order chi connectivity index (χ0) is 15.4. The summed E-state index contributed by atoms with van der Waals surface area (Å²) in [7, 11) is 2.26. The van der Waals surface area contributed by atoms with E-state index in [4.69, 9.17) is 11.6 Å². The van der Waals surface area contributed by atoms with Gasteiger partial charge in [0.2, 0.25) is 0 Å². The SMILES string of the molecule is Cc1cc2[nH]c(=O)[nH]c2c(Cl)c1SC1CC2CCC(C1)N2C.Cl. The van der Waals surface area contributed by atoms with Crippen LogP contribution in [0.4, 0.5) is 0 Å². The van der Waals surface area contributed by atoms with Gasteiger partial charge in [-0.3, -0.25) is 0 Å². The zero-order valence-corrected chi connectivity index (χ0v) is 15.6. The molecule has 2 saturated heterocycles. The van der Waals surface area contributed by atoms with Gasteiger partial charge in [0.1, 0.15) is 0 Å². The number of nitrogens with one attached hydrogen (secondary N) is 2. The minimum absolute atomic E-state index is 0. The Morgan fingerprint density at radius 3 is 2.57 bits per heavy atom. The molecular weight excluding hydrogens is 353 g/mol. The Hall–Kier alpha value is -0.620. The molecule has 2 aliphatic rings. The van der Waals surface area contributed by atoms with Gasteiger partial charge in [0.15, 0.2) is 0 Å². The molecule has 4 rings (SSSR count). The predicted octanol–water partition coefficient (Wildman–Crippen LogP) is 3.96. The average molecular weight is 374 g/mol. The Bertz CT molecular complexity index is 773. The number of aryl methyl sites for hydroxylation is 1. The average Bonchev–Trinajstić information content (AvgIpc) is 2.91. The van der Waals surface area contributed by atoms with Gasteiger partial charge in [0.05, 0.1) is 16.1 Å².